The Labute approximate surface area is 190 Å². The second kappa shape index (κ2) is 6.41. The maximum atomic E-state index is 7.32. The van der Waals surface area contributed by atoms with Gasteiger partial charge in [-0.15, -0.1) is 0 Å². The maximum absolute atomic E-state index is 7.32. The van der Waals surface area contributed by atoms with Crippen LogP contribution in [0.1, 0.15) is 69.8 Å². The van der Waals surface area contributed by atoms with E-state index in [0.717, 1.165) is 32.1 Å². The van der Waals surface area contributed by atoms with E-state index in [1.54, 1.807) is 5.57 Å². The lowest BCUT2D eigenvalue weighted by Crippen LogP contribution is -2.53. The molecular weight excluding hydrogens is 392 g/mol. The van der Waals surface area contributed by atoms with Gasteiger partial charge >= 0.3 is 0 Å². The smallest absolute Gasteiger partial charge is 0.0975 e. The molecule has 3 nitrogen and oxygen atoms in total. The fourth-order valence-corrected chi connectivity index (χ4v) is 8.30. The van der Waals surface area contributed by atoms with Gasteiger partial charge in [0, 0.05) is 37.0 Å². The van der Waals surface area contributed by atoms with Crippen molar-refractivity contribution in [3.05, 3.63) is 65.5 Å². The lowest BCUT2D eigenvalue weighted by molar-refractivity contribution is -0.126. The zero-order valence-corrected chi connectivity index (χ0v) is 19.2. The van der Waals surface area contributed by atoms with E-state index in [1.165, 1.54) is 46.9 Å². The summed E-state index contributed by atoms with van der Waals surface area (Å²) in [5.74, 6) is 1.17. The molecule has 3 heteroatoms. The van der Waals surface area contributed by atoms with Crippen molar-refractivity contribution in [2.45, 2.75) is 75.4 Å². The number of allylic oxidation sites excluding steroid dienone is 1. The Morgan fingerprint density at radius 3 is 2.94 bits per heavy atom. The summed E-state index contributed by atoms with van der Waals surface area (Å²) < 4.78 is 7.32. The van der Waals surface area contributed by atoms with Gasteiger partial charge in [-0.05, 0) is 96.4 Å². The van der Waals surface area contributed by atoms with Crippen molar-refractivity contribution in [3.63, 3.8) is 0 Å². The summed E-state index contributed by atoms with van der Waals surface area (Å²) >= 11 is 0. The molecule has 0 N–H and O–H groups in total. The molecule has 0 radical (unpaired) electrons. The highest BCUT2D eigenvalue weighted by molar-refractivity contribution is 5.88. The summed E-state index contributed by atoms with van der Waals surface area (Å²) in [5, 5.41) is 2.54. The topological polar surface area (TPSA) is 34.5 Å². The maximum Gasteiger partial charge on any atom is 0.0975 e. The molecule has 164 valence electrons. The molecule has 0 amide bonds. The summed E-state index contributed by atoms with van der Waals surface area (Å²) in [4.78, 5) is 8.97. The van der Waals surface area contributed by atoms with Crippen LogP contribution in [0.5, 0.6) is 0 Å². The molecule has 0 unspecified atom stereocenters. The van der Waals surface area contributed by atoms with E-state index < -0.39 is 0 Å². The first kappa shape index (κ1) is 19.2. The van der Waals surface area contributed by atoms with E-state index in [4.69, 9.17) is 4.74 Å². The molecule has 2 bridgehead atoms. The molecule has 3 fully saturated rings. The molecular formula is C29H32N2O. The van der Waals surface area contributed by atoms with Gasteiger partial charge in [0.15, 0.2) is 0 Å². The largest absolute Gasteiger partial charge is 0.359 e. The van der Waals surface area contributed by atoms with Crippen LogP contribution in [0.15, 0.2) is 64.9 Å². The summed E-state index contributed by atoms with van der Waals surface area (Å²) in [6, 6.07) is 9.18. The molecule has 2 aliphatic heterocycles. The first-order chi connectivity index (χ1) is 15.6. The lowest BCUT2D eigenvalue weighted by Gasteiger charge is -2.54. The van der Waals surface area contributed by atoms with Gasteiger partial charge in [-0.1, -0.05) is 31.2 Å². The van der Waals surface area contributed by atoms with Crippen LogP contribution in [-0.4, -0.2) is 28.9 Å². The Balaban J connectivity index is 1.30. The highest BCUT2D eigenvalue weighted by Gasteiger charge is 2.66. The van der Waals surface area contributed by atoms with Gasteiger partial charge in [0.1, 0.15) is 0 Å². The number of hydrogen-bond donors (Lipinski definition) is 0. The van der Waals surface area contributed by atoms with Crippen molar-refractivity contribution >= 4 is 16.5 Å². The third kappa shape index (κ3) is 2.36. The van der Waals surface area contributed by atoms with E-state index in [-0.39, 0.29) is 16.6 Å². The fraction of sp³-hybridized carbons (Fsp3) is 0.517. The fourth-order valence-electron chi connectivity index (χ4n) is 8.30. The van der Waals surface area contributed by atoms with E-state index in [0.29, 0.717) is 11.8 Å². The Hall–Kier alpha value is -2.26. The lowest BCUT2D eigenvalue weighted by atomic mass is 9.58. The van der Waals surface area contributed by atoms with E-state index in [1.807, 2.05) is 19.4 Å². The number of fused-ring (bicyclic) bond motifs is 2. The number of nitrogens with zero attached hydrogens (tertiary/aromatic N) is 2. The quantitative estimate of drug-likeness (QED) is 0.520. The second-order valence-electron chi connectivity index (χ2n) is 11.2. The Morgan fingerprint density at radius 2 is 2.03 bits per heavy atom. The van der Waals surface area contributed by atoms with Crippen LogP contribution in [0.2, 0.25) is 0 Å². The van der Waals surface area contributed by atoms with Crippen molar-refractivity contribution in [3.8, 4) is 0 Å². The van der Waals surface area contributed by atoms with Gasteiger partial charge in [-0.2, -0.15) is 0 Å². The molecule has 5 atom stereocenters. The summed E-state index contributed by atoms with van der Waals surface area (Å²) in [6.07, 6.45) is 18.3. The average molecular weight is 425 g/mol. The monoisotopic (exact) mass is 424 g/mol. The highest BCUT2D eigenvalue weighted by Crippen LogP contribution is 2.69. The van der Waals surface area contributed by atoms with Crippen molar-refractivity contribution in [1.29, 1.82) is 0 Å². The van der Waals surface area contributed by atoms with Crippen LogP contribution >= 0.6 is 0 Å². The molecule has 1 aromatic carbocycles. The number of aromatic nitrogens is 1. The normalized spacial score (nSPS) is 41.1. The number of ether oxygens (including phenoxy) is 1. The van der Waals surface area contributed by atoms with Gasteiger partial charge in [-0.25, -0.2) is 0 Å². The molecule has 7 rings (SSSR count). The molecule has 2 aromatic rings. The van der Waals surface area contributed by atoms with Gasteiger partial charge in [0.25, 0.3) is 0 Å². The minimum Gasteiger partial charge on any atom is -0.359 e. The predicted molar refractivity (Wildman–Crippen MR) is 129 cm³/mol. The highest BCUT2D eigenvalue weighted by atomic mass is 16.5. The van der Waals surface area contributed by atoms with Crippen LogP contribution in [0.3, 0.4) is 0 Å². The second-order valence-corrected chi connectivity index (χ2v) is 11.2. The Kier molecular flexibility index (Phi) is 3.85. The van der Waals surface area contributed by atoms with Crippen LogP contribution in [0.4, 0.5) is 0 Å². The van der Waals surface area contributed by atoms with Crippen molar-refractivity contribution in [1.82, 2.24) is 4.98 Å². The van der Waals surface area contributed by atoms with E-state index >= 15 is 0 Å². The van der Waals surface area contributed by atoms with Crippen LogP contribution in [-0.2, 0) is 4.74 Å². The molecule has 2 spiro atoms. The number of benzene rings is 1. The van der Waals surface area contributed by atoms with Gasteiger partial charge in [0.2, 0.25) is 0 Å². The number of pyridine rings is 1. The van der Waals surface area contributed by atoms with Crippen LogP contribution < -0.4 is 0 Å². The standard InChI is InChI=1S/C29H32N2O/c1-27-11-9-23-16-22-5-6-24(30-2)17-28(22)12-13-29(23,32-28)26(27)8-7-25(27)20-4-3-19-10-14-31-18-21(19)15-20/h3-4,9-10,14-16,18,25-26H,5-8,11-13,17H2,1-2H3/t25-,26-,27-,28-,29-/m1/s1. The Bertz CT molecular complexity index is 1220. The van der Waals surface area contributed by atoms with E-state index in [9.17, 15) is 0 Å². The van der Waals surface area contributed by atoms with Gasteiger partial charge in [0.05, 0.1) is 11.2 Å². The van der Waals surface area contributed by atoms with Crippen molar-refractivity contribution in [2.24, 2.45) is 16.3 Å². The molecule has 1 saturated heterocycles. The van der Waals surface area contributed by atoms with Crippen LogP contribution in [0, 0.1) is 11.3 Å². The third-order valence-electron chi connectivity index (χ3n) is 9.90. The zero-order chi connectivity index (χ0) is 21.6. The Morgan fingerprint density at radius 1 is 1.09 bits per heavy atom. The number of aliphatic imine (C=N–C) groups is 1. The third-order valence-corrected chi connectivity index (χ3v) is 9.90. The summed E-state index contributed by atoms with van der Waals surface area (Å²) in [7, 11) is 1.96. The van der Waals surface area contributed by atoms with Gasteiger partial charge < -0.3 is 4.74 Å². The SMILES string of the molecule is CN=C1CCC2=CC3=CC[C@]4(C)[C@@H](c5ccc6ccncc6c5)CC[C@H]4[C@@]34CC[C@]2(C1)O4. The summed E-state index contributed by atoms with van der Waals surface area (Å²) in [6.45, 7) is 2.55. The first-order valence-corrected chi connectivity index (χ1v) is 12.5. The molecule has 5 aliphatic rings. The molecule has 1 aromatic heterocycles. The average Bonchev–Trinajstić information content (AvgIpc) is 3.33. The minimum atomic E-state index is -0.0835. The molecule has 2 saturated carbocycles. The molecule has 32 heavy (non-hydrogen) atoms. The van der Waals surface area contributed by atoms with E-state index in [2.05, 4.69) is 53.3 Å². The molecule has 3 aliphatic carbocycles. The summed E-state index contributed by atoms with van der Waals surface area (Å²) in [5.41, 5.74) is 5.97. The van der Waals surface area contributed by atoms with Crippen molar-refractivity contribution in [2.75, 3.05) is 7.05 Å². The minimum absolute atomic E-state index is 0.0740. The van der Waals surface area contributed by atoms with Crippen LogP contribution in [0.25, 0.3) is 10.8 Å². The predicted octanol–water partition coefficient (Wildman–Crippen LogP) is 6.55. The first-order valence-electron chi connectivity index (χ1n) is 12.5. The zero-order valence-electron chi connectivity index (χ0n) is 19.2. The number of rotatable bonds is 1. The number of hydrogen-bond acceptors (Lipinski definition) is 3. The molecule has 3 heterocycles. The van der Waals surface area contributed by atoms with Gasteiger partial charge in [-0.3, -0.25) is 9.98 Å². The van der Waals surface area contributed by atoms with Crippen molar-refractivity contribution < 1.29 is 4.74 Å².